The average molecular weight is 397 g/mol. The molecule has 3 heterocycles. The van der Waals surface area contributed by atoms with E-state index >= 15 is 0 Å². The first-order valence-corrected chi connectivity index (χ1v) is 10.6. The predicted octanol–water partition coefficient (Wildman–Crippen LogP) is 1.21. The van der Waals surface area contributed by atoms with Gasteiger partial charge in [0.1, 0.15) is 12.2 Å². The zero-order valence-corrected chi connectivity index (χ0v) is 16.0. The molecule has 2 fully saturated rings. The Kier molecular flexibility index (Phi) is 3.43. The molecule has 0 radical (unpaired) electrons. The van der Waals surface area contributed by atoms with Gasteiger partial charge in [-0.15, -0.1) is 0 Å². The lowest BCUT2D eigenvalue weighted by atomic mass is 9.80. The van der Waals surface area contributed by atoms with Crippen molar-refractivity contribution in [2.45, 2.75) is 35.9 Å². The maximum atomic E-state index is 13.6. The number of benzene rings is 2. The molecule has 144 valence electrons. The van der Waals surface area contributed by atoms with Crippen molar-refractivity contribution < 1.29 is 18.0 Å². The zero-order chi connectivity index (χ0) is 19.7. The average Bonchev–Trinajstić information content (AvgIpc) is 3.14. The molecule has 0 unspecified atom stereocenters. The third-order valence-corrected chi connectivity index (χ3v) is 7.85. The number of rotatable bonds is 2. The number of fused-ring (bicyclic) bond motifs is 5. The van der Waals surface area contributed by atoms with Crippen LogP contribution >= 0.6 is 0 Å². The standard InChI is InChI=1S/C20H19N3O4S/c1-20-11-16-18(25)21-12-17(24)22(16)19(20)23(15-10-6-5-9-14(15)20)28(26,27)13-7-3-2-4-8-13/h2-10,16,19H,11-12H2,1H3,(H,21,25)/t16-,19-,20+/m0/s1. The van der Waals surface area contributed by atoms with E-state index in [0.717, 1.165) is 5.56 Å². The fourth-order valence-electron chi connectivity index (χ4n) is 4.85. The van der Waals surface area contributed by atoms with Crippen molar-refractivity contribution in [3.63, 3.8) is 0 Å². The monoisotopic (exact) mass is 397 g/mol. The number of piperazine rings is 1. The second-order valence-corrected chi connectivity index (χ2v) is 9.48. The molecule has 2 saturated heterocycles. The number of hydrogen-bond donors (Lipinski definition) is 1. The van der Waals surface area contributed by atoms with Gasteiger partial charge in [-0.25, -0.2) is 12.7 Å². The number of nitrogens with one attached hydrogen (secondary N) is 1. The van der Waals surface area contributed by atoms with Crippen molar-refractivity contribution in [1.82, 2.24) is 10.2 Å². The van der Waals surface area contributed by atoms with Crippen LogP contribution in [0.3, 0.4) is 0 Å². The number of sulfonamides is 1. The summed E-state index contributed by atoms with van der Waals surface area (Å²) < 4.78 is 28.6. The van der Waals surface area contributed by atoms with E-state index < -0.39 is 27.6 Å². The maximum Gasteiger partial charge on any atom is 0.266 e. The summed E-state index contributed by atoms with van der Waals surface area (Å²) in [6.45, 7) is 1.83. The topological polar surface area (TPSA) is 86.8 Å². The van der Waals surface area contributed by atoms with E-state index in [4.69, 9.17) is 0 Å². The van der Waals surface area contributed by atoms with Gasteiger partial charge in [0.05, 0.1) is 17.1 Å². The molecule has 0 saturated carbocycles. The Morgan fingerprint density at radius 1 is 1.04 bits per heavy atom. The van der Waals surface area contributed by atoms with Crippen molar-refractivity contribution in [2.75, 3.05) is 10.8 Å². The zero-order valence-electron chi connectivity index (χ0n) is 15.2. The van der Waals surface area contributed by atoms with Gasteiger partial charge in [0, 0.05) is 5.41 Å². The number of nitrogens with zero attached hydrogens (tertiary/aromatic N) is 2. The first-order valence-electron chi connectivity index (χ1n) is 9.13. The molecule has 1 N–H and O–H groups in total. The highest BCUT2D eigenvalue weighted by molar-refractivity contribution is 7.92. The molecule has 28 heavy (non-hydrogen) atoms. The van der Waals surface area contributed by atoms with E-state index in [2.05, 4.69) is 5.32 Å². The van der Waals surface area contributed by atoms with Crippen LogP contribution < -0.4 is 9.62 Å². The molecule has 8 heteroatoms. The lowest BCUT2D eigenvalue weighted by Gasteiger charge is -2.39. The lowest BCUT2D eigenvalue weighted by molar-refractivity contribution is -0.145. The molecule has 7 nitrogen and oxygen atoms in total. The molecule has 3 aliphatic heterocycles. The van der Waals surface area contributed by atoms with Crippen molar-refractivity contribution in [2.24, 2.45) is 0 Å². The minimum atomic E-state index is -3.93. The van der Waals surface area contributed by atoms with Crippen LogP contribution in [0, 0.1) is 0 Å². The van der Waals surface area contributed by atoms with Gasteiger partial charge in [-0.3, -0.25) is 9.59 Å². The van der Waals surface area contributed by atoms with Gasteiger partial charge < -0.3 is 10.2 Å². The summed E-state index contributed by atoms with van der Waals surface area (Å²) in [6.07, 6.45) is -0.383. The molecule has 2 aromatic carbocycles. The highest BCUT2D eigenvalue weighted by Gasteiger charge is 2.64. The van der Waals surface area contributed by atoms with Crippen LogP contribution in [0.25, 0.3) is 0 Å². The van der Waals surface area contributed by atoms with Gasteiger partial charge >= 0.3 is 0 Å². The summed E-state index contributed by atoms with van der Waals surface area (Å²) in [4.78, 5) is 26.8. The Bertz CT molecular complexity index is 1100. The van der Waals surface area contributed by atoms with Crippen LogP contribution in [0.2, 0.25) is 0 Å². The highest BCUT2D eigenvalue weighted by atomic mass is 32.2. The van der Waals surface area contributed by atoms with Gasteiger partial charge in [-0.1, -0.05) is 43.3 Å². The van der Waals surface area contributed by atoms with Crippen molar-refractivity contribution >= 4 is 27.5 Å². The van der Waals surface area contributed by atoms with Crippen molar-refractivity contribution in [1.29, 1.82) is 0 Å². The molecule has 3 aliphatic rings. The molecule has 0 aliphatic carbocycles. The van der Waals surface area contributed by atoms with E-state index in [-0.39, 0.29) is 23.3 Å². The van der Waals surface area contributed by atoms with Gasteiger partial charge in [-0.05, 0) is 30.2 Å². The molecule has 2 aromatic rings. The summed E-state index contributed by atoms with van der Waals surface area (Å²) in [5, 5.41) is 2.62. The van der Waals surface area contributed by atoms with E-state index in [1.165, 1.54) is 9.21 Å². The quantitative estimate of drug-likeness (QED) is 0.825. The Morgan fingerprint density at radius 3 is 2.46 bits per heavy atom. The van der Waals surface area contributed by atoms with Gasteiger partial charge in [0.2, 0.25) is 11.8 Å². The van der Waals surface area contributed by atoms with Gasteiger partial charge in [0.15, 0.2) is 0 Å². The predicted molar refractivity (Wildman–Crippen MR) is 102 cm³/mol. The van der Waals surface area contributed by atoms with E-state index in [1.807, 2.05) is 19.1 Å². The maximum absolute atomic E-state index is 13.6. The number of hydrogen-bond acceptors (Lipinski definition) is 4. The summed E-state index contributed by atoms with van der Waals surface area (Å²) in [6, 6.07) is 14.8. The third-order valence-electron chi connectivity index (χ3n) is 6.07. The number of anilines is 1. The molecule has 0 spiro atoms. The third kappa shape index (κ3) is 2.06. The molecule has 5 rings (SSSR count). The smallest absolute Gasteiger partial charge is 0.266 e. The van der Waals surface area contributed by atoms with Crippen LogP contribution in [-0.4, -0.2) is 43.9 Å². The number of amides is 2. The summed E-state index contributed by atoms with van der Waals surface area (Å²) in [5.41, 5.74) is 0.742. The Balaban J connectivity index is 1.75. The summed E-state index contributed by atoms with van der Waals surface area (Å²) >= 11 is 0. The normalized spacial score (nSPS) is 28.6. The number of para-hydroxylation sites is 1. The van der Waals surface area contributed by atoms with Gasteiger partial charge in [0.25, 0.3) is 10.0 Å². The summed E-state index contributed by atoms with van der Waals surface area (Å²) in [7, 11) is -3.93. The fourth-order valence-corrected chi connectivity index (χ4v) is 6.60. The first-order chi connectivity index (χ1) is 13.4. The Hall–Kier alpha value is -2.87. The van der Waals surface area contributed by atoms with Crippen LogP contribution in [-0.2, 0) is 25.0 Å². The van der Waals surface area contributed by atoms with E-state index in [1.54, 1.807) is 42.5 Å². The van der Waals surface area contributed by atoms with E-state index in [0.29, 0.717) is 12.1 Å². The molecule has 0 aromatic heterocycles. The van der Waals surface area contributed by atoms with Crippen molar-refractivity contribution in [3.8, 4) is 0 Å². The largest absolute Gasteiger partial charge is 0.345 e. The Morgan fingerprint density at radius 2 is 1.71 bits per heavy atom. The number of carbonyl (C=O) groups is 2. The second kappa shape index (κ2) is 5.57. The number of carbonyl (C=O) groups excluding carboxylic acids is 2. The fraction of sp³-hybridized carbons (Fsp3) is 0.300. The molecule has 0 bridgehead atoms. The molecular formula is C20H19N3O4S. The van der Waals surface area contributed by atoms with Gasteiger partial charge in [-0.2, -0.15) is 0 Å². The molecule has 3 atom stereocenters. The second-order valence-electron chi connectivity index (χ2n) is 7.66. The van der Waals surface area contributed by atoms with Crippen LogP contribution in [0.4, 0.5) is 5.69 Å². The van der Waals surface area contributed by atoms with Crippen LogP contribution in [0.15, 0.2) is 59.5 Å². The van der Waals surface area contributed by atoms with Crippen LogP contribution in [0.1, 0.15) is 18.9 Å². The SMILES string of the molecule is C[C@]12C[C@H]3C(=O)NCC(=O)N3[C@H]1N(S(=O)(=O)c1ccccc1)c1ccccc12. The lowest BCUT2D eigenvalue weighted by Crippen LogP contribution is -2.62. The minimum absolute atomic E-state index is 0.114. The molecular weight excluding hydrogens is 378 g/mol. The van der Waals surface area contributed by atoms with Crippen molar-refractivity contribution in [3.05, 3.63) is 60.2 Å². The highest BCUT2D eigenvalue weighted by Crippen LogP contribution is 2.55. The van der Waals surface area contributed by atoms with E-state index in [9.17, 15) is 18.0 Å². The van der Waals surface area contributed by atoms with Crippen LogP contribution in [0.5, 0.6) is 0 Å². The minimum Gasteiger partial charge on any atom is -0.345 e. The Labute approximate surface area is 163 Å². The molecule has 2 amide bonds. The first kappa shape index (κ1) is 17.2. The summed E-state index contributed by atoms with van der Waals surface area (Å²) in [5.74, 6) is -0.496.